The van der Waals surface area contributed by atoms with Crippen LogP contribution in [0.15, 0.2) is 53.4 Å². The number of hydrogen-bond donors (Lipinski definition) is 1. The maximum Gasteiger partial charge on any atom is 0.416 e. The number of halogens is 3. The molecule has 1 atom stereocenters. The van der Waals surface area contributed by atoms with Gasteiger partial charge in [0.2, 0.25) is 0 Å². The van der Waals surface area contributed by atoms with E-state index in [0.717, 1.165) is 12.1 Å². The number of alkyl halides is 3. The Balaban J connectivity index is 2.18. The third kappa shape index (κ3) is 2.15. The first-order chi connectivity index (χ1) is 10.2. The first-order valence-corrected chi connectivity index (χ1v) is 7.65. The lowest BCUT2D eigenvalue weighted by atomic mass is 10.1. The highest BCUT2D eigenvalue weighted by molar-refractivity contribution is 7.93. The summed E-state index contributed by atoms with van der Waals surface area (Å²) in [7, 11) is -4.25. The van der Waals surface area contributed by atoms with E-state index in [9.17, 15) is 26.7 Å². The lowest BCUT2D eigenvalue weighted by Gasteiger charge is -2.21. The zero-order chi connectivity index (χ0) is 16.1. The van der Waals surface area contributed by atoms with Crippen LogP contribution in [-0.4, -0.2) is 13.5 Å². The quantitative estimate of drug-likeness (QED) is 0.875. The first-order valence-electron chi connectivity index (χ1n) is 6.21. The molecule has 0 amide bonds. The highest BCUT2D eigenvalue weighted by atomic mass is 32.2. The first kappa shape index (κ1) is 14.9. The Labute approximate surface area is 124 Å². The van der Waals surface area contributed by atoms with Gasteiger partial charge in [-0.15, -0.1) is 0 Å². The largest absolute Gasteiger partial charge is 0.416 e. The third-order valence-corrected chi connectivity index (χ3v) is 5.23. The Morgan fingerprint density at radius 2 is 1.68 bits per heavy atom. The third-order valence-electron chi connectivity index (χ3n) is 3.39. The number of nitrogens with zero attached hydrogens (tertiary/aromatic N) is 1. The Bertz CT molecular complexity index is 819. The standard InChI is InChI=1S/C14H10F3NO3S/c15-14(16,17)9-6-7-11-12(8-9)22(20,21)18(13(11)19)10-4-2-1-3-5-10/h1-8,13,19H. The van der Waals surface area contributed by atoms with Gasteiger partial charge in [0.25, 0.3) is 10.0 Å². The van der Waals surface area contributed by atoms with Gasteiger partial charge in [0.05, 0.1) is 16.1 Å². The van der Waals surface area contributed by atoms with Gasteiger partial charge in [-0.2, -0.15) is 13.2 Å². The molecule has 22 heavy (non-hydrogen) atoms. The van der Waals surface area contributed by atoms with Crippen LogP contribution >= 0.6 is 0 Å². The maximum absolute atomic E-state index is 12.8. The summed E-state index contributed by atoms with van der Waals surface area (Å²) in [6, 6.07) is 10.0. The van der Waals surface area contributed by atoms with Gasteiger partial charge in [0.1, 0.15) is 0 Å². The van der Waals surface area contributed by atoms with Crippen LogP contribution in [0.25, 0.3) is 0 Å². The van der Waals surface area contributed by atoms with Gasteiger partial charge in [-0.3, -0.25) is 0 Å². The predicted octanol–water partition coefficient (Wildman–Crippen LogP) is 2.91. The summed E-state index contributed by atoms with van der Waals surface area (Å²) in [5.41, 5.74) is -0.964. The smallest absolute Gasteiger partial charge is 0.368 e. The lowest BCUT2D eigenvalue weighted by Crippen LogP contribution is -2.27. The maximum atomic E-state index is 12.8. The van der Waals surface area contributed by atoms with E-state index >= 15 is 0 Å². The van der Waals surface area contributed by atoms with Crippen molar-refractivity contribution in [1.29, 1.82) is 0 Å². The molecule has 0 bridgehead atoms. The average Bonchev–Trinajstić information content (AvgIpc) is 2.66. The number of para-hydroxylation sites is 1. The van der Waals surface area contributed by atoms with Crippen LogP contribution in [-0.2, 0) is 16.2 Å². The second-order valence-corrected chi connectivity index (χ2v) is 6.54. The van der Waals surface area contributed by atoms with E-state index in [1.54, 1.807) is 18.2 Å². The number of hydrogen-bond acceptors (Lipinski definition) is 3. The highest BCUT2D eigenvalue weighted by Crippen LogP contribution is 2.43. The van der Waals surface area contributed by atoms with Crippen LogP contribution in [0.2, 0.25) is 0 Å². The molecule has 2 aromatic rings. The van der Waals surface area contributed by atoms with Gasteiger partial charge >= 0.3 is 6.18 Å². The van der Waals surface area contributed by atoms with Crippen molar-refractivity contribution in [1.82, 2.24) is 0 Å². The second-order valence-electron chi connectivity index (χ2n) is 4.76. The van der Waals surface area contributed by atoms with Crippen LogP contribution in [0.4, 0.5) is 18.9 Å². The van der Waals surface area contributed by atoms with E-state index in [4.69, 9.17) is 0 Å². The van der Waals surface area contributed by atoms with Crippen molar-refractivity contribution in [3.05, 3.63) is 59.7 Å². The van der Waals surface area contributed by atoms with Gasteiger partial charge in [0.15, 0.2) is 6.23 Å². The molecular weight excluding hydrogens is 319 g/mol. The van der Waals surface area contributed by atoms with Crippen LogP contribution in [0.5, 0.6) is 0 Å². The molecular formula is C14H10F3NO3S. The summed E-state index contributed by atoms with van der Waals surface area (Å²) in [5, 5.41) is 10.2. The summed E-state index contributed by atoms with van der Waals surface area (Å²) in [5.74, 6) is 0. The molecule has 1 unspecified atom stereocenters. The van der Waals surface area contributed by atoms with Crippen LogP contribution in [0.1, 0.15) is 17.4 Å². The molecule has 0 fully saturated rings. The zero-order valence-corrected chi connectivity index (χ0v) is 11.8. The van der Waals surface area contributed by atoms with Crippen molar-refractivity contribution in [3.8, 4) is 0 Å². The van der Waals surface area contributed by atoms with Gasteiger partial charge < -0.3 is 5.11 Å². The van der Waals surface area contributed by atoms with E-state index < -0.39 is 32.9 Å². The van der Waals surface area contributed by atoms with E-state index in [1.165, 1.54) is 12.1 Å². The zero-order valence-electron chi connectivity index (χ0n) is 10.9. The number of aliphatic hydroxyl groups excluding tert-OH is 1. The highest BCUT2D eigenvalue weighted by Gasteiger charge is 2.44. The molecule has 1 aliphatic rings. The number of rotatable bonds is 1. The molecule has 116 valence electrons. The Morgan fingerprint density at radius 3 is 2.27 bits per heavy atom. The van der Waals surface area contributed by atoms with Gasteiger partial charge in [0, 0.05) is 5.56 Å². The number of aliphatic hydroxyl groups is 1. The summed E-state index contributed by atoms with van der Waals surface area (Å²) < 4.78 is 63.9. The summed E-state index contributed by atoms with van der Waals surface area (Å²) in [6.07, 6.45) is -6.21. The summed E-state index contributed by atoms with van der Waals surface area (Å²) >= 11 is 0. The number of anilines is 1. The minimum atomic E-state index is -4.66. The topological polar surface area (TPSA) is 57.6 Å². The fourth-order valence-corrected chi connectivity index (χ4v) is 4.10. The number of benzene rings is 2. The fourth-order valence-electron chi connectivity index (χ4n) is 2.37. The van der Waals surface area contributed by atoms with Crippen molar-refractivity contribution in [3.63, 3.8) is 0 Å². The normalized spacial score (nSPS) is 20.0. The lowest BCUT2D eigenvalue weighted by molar-refractivity contribution is -0.137. The molecule has 2 aromatic carbocycles. The fraction of sp³-hybridized carbons (Fsp3) is 0.143. The molecule has 0 saturated heterocycles. The summed E-state index contributed by atoms with van der Waals surface area (Å²) in [4.78, 5) is -0.529. The molecule has 1 aliphatic heterocycles. The minimum absolute atomic E-state index is 0.0724. The molecule has 1 heterocycles. The Kier molecular flexibility index (Phi) is 3.19. The van der Waals surface area contributed by atoms with E-state index in [0.29, 0.717) is 10.4 Å². The molecule has 4 nitrogen and oxygen atoms in total. The van der Waals surface area contributed by atoms with E-state index in [2.05, 4.69) is 0 Å². The number of sulfonamides is 1. The molecule has 0 aromatic heterocycles. The molecule has 0 spiro atoms. The van der Waals surface area contributed by atoms with Crippen LogP contribution in [0.3, 0.4) is 0 Å². The Morgan fingerprint density at radius 1 is 1.05 bits per heavy atom. The van der Waals surface area contributed by atoms with Crippen molar-refractivity contribution in [2.75, 3.05) is 4.31 Å². The van der Waals surface area contributed by atoms with E-state index in [-0.39, 0.29) is 11.3 Å². The summed E-state index contributed by atoms with van der Waals surface area (Å²) in [6.45, 7) is 0. The molecule has 0 saturated carbocycles. The van der Waals surface area contributed by atoms with Crippen molar-refractivity contribution in [2.45, 2.75) is 17.3 Å². The monoisotopic (exact) mass is 329 g/mol. The van der Waals surface area contributed by atoms with Crippen molar-refractivity contribution < 1.29 is 26.7 Å². The van der Waals surface area contributed by atoms with Gasteiger partial charge in [-0.25, -0.2) is 12.7 Å². The van der Waals surface area contributed by atoms with Gasteiger partial charge in [-0.1, -0.05) is 24.3 Å². The molecule has 0 aliphatic carbocycles. The van der Waals surface area contributed by atoms with E-state index in [1.807, 2.05) is 0 Å². The second kappa shape index (κ2) is 4.72. The molecule has 1 N–H and O–H groups in total. The van der Waals surface area contributed by atoms with Crippen LogP contribution in [0, 0.1) is 0 Å². The predicted molar refractivity (Wildman–Crippen MR) is 72.5 cm³/mol. The minimum Gasteiger partial charge on any atom is -0.368 e. The Hall–Kier alpha value is -2.06. The van der Waals surface area contributed by atoms with Crippen molar-refractivity contribution >= 4 is 15.7 Å². The van der Waals surface area contributed by atoms with Gasteiger partial charge in [-0.05, 0) is 24.3 Å². The van der Waals surface area contributed by atoms with Crippen LogP contribution < -0.4 is 4.31 Å². The molecule has 8 heteroatoms. The van der Waals surface area contributed by atoms with Crippen molar-refractivity contribution in [2.24, 2.45) is 0 Å². The number of fused-ring (bicyclic) bond motifs is 1. The average molecular weight is 329 g/mol. The molecule has 0 radical (unpaired) electrons. The molecule has 3 rings (SSSR count). The SMILES string of the molecule is O=S1(=O)c2cc(C(F)(F)F)ccc2C(O)N1c1ccccc1.